The normalized spacial score (nSPS) is 37.2. The molecule has 3 unspecified atom stereocenters. The maximum absolute atomic E-state index is 10.3. The van der Waals surface area contributed by atoms with Crippen LogP contribution in [0.3, 0.4) is 0 Å². The molecule has 116 valence electrons. The highest BCUT2D eigenvalue weighted by Gasteiger charge is 2.34. The van der Waals surface area contributed by atoms with Crippen molar-refractivity contribution in [3.63, 3.8) is 0 Å². The molecule has 0 bridgehead atoms. The van der Waals surface area contributed by atoms with Crippen LogP contribution in [0.15, 0.2) is 0 Å². The molecule has 1 heterocycles. The Kier molecular flexibility index (Phi) is 5.00. The lowest BCUT2D eigenvalue weighted by Crippen LogP contribution is -2.50. The smallest absolute Gasteiger partial charge is 0.0580 e. The molecule has 3 atom stereocenters. The Labute approximate surface area is 124 Å². The maximum atomic E-state index is 10.3. The van der Waals surface area contributed by atoms with E-state index >= 15 is 0 Å². The lowest BCUT2D eigenvalue weighted by atomic mass is 9.77. The first kappa shape index (κ1) is 14.8. The lowest BCUT2D eigenvalue weighted by molar-refractivity contribution is 0.0147. The molecule has 0 aromatic rings. The van der Waals surface area contributed by atoms with Crippen LogP contribution in [0.5, 0.6) is 0 Å². The van der Waals surface area contributed by atoms with Gasteiger partial charge in [0.05, 0.1) is 6.10 Å². The summed E-state index contributed by atoms with van der Waals surface area (Å²) in [4.78, 5) is 5.29. The van der Waals surface area contributed by atoms with Crippen molar-refractivity contribution in [2.75, 3.05) is 32.7 Å². The average molecular weight is 280 g/mol. The van der Waals surface area contributed by atoms with Gasteiger partial charge in [0, 0.05) is 38.8 Å². The topological polar surface area (TPSA) is 26.7 Å². The molecule has 0 aromatic heterocycles. The van der Waals surface area contributed by atoms with Crippen LogP contribution in [0.4, 0.5) is 0 Å². The van der Waals surface area contributed by atoms with E-state index in [0.717, 1.165) is 24.9 Å². The van der Waals surface area contributed by atoms with Crippen molar-refractivity contribution < 1.29 is 5.11 Å². The van der Waals surface area contributed by atoms with Crippen molar-refractivity contribution in [1.29, 1.82) is 0 Å². The highest BCUT2D eigenvalue weighted by molar-refractivity contribution is 4.89. The van der Waals surface area contributed by atoms with Crippen molar-refractivity contribution in [1.82, 2.24) is 9.80 Å². The minimum atomic E-state index is -0.0374. The summed E-state index contributed by atoms with van der Waals surface area (Å²) < 4.78 is 0. The summed E-state index contributed by atoms with van der Waals surface area (Å²) in [7, 11) is 0. The van der Waals surface area contributed by atoms with Crippen molar-refractivity contribution in [3.8, 4) is 0 Å². The van der Waals surface area contributed by atoms with E-state index in [1.807, 2.05) is 0 Å². The summed E-state index contributed by atoms with van der Waals surface area (Å²) in [6.07, 6.45) is 9.03. The molecule has 3 fully saturated rings. The largest absolute Gasteiger partial charge is 0.393 e. The second kappa shape index (κ2) is 6.76. The van der Waals surface area contributed by atoms with E-state index in [9.17, 15) is 5.11 Å². The third-order valence-corrected chi connectivity index (χ3v) is 5.71. The zero-order valence-corrected chi connectivity index (χ0v) is 13.1. The molecule has 1 aliphatic heterocycles. The van der Waals surface area contributed by atoms with Crippen LogP contribution in [-0.2, 0) is 0 Å². The highest BCUT2D eigenvalue weighted by atomic mass is 16.3. The summed E-state index contributed by atoms with van der Waals surface area (Å²) in [5.74, 6) is 1.41. The first-order valence-electron chi connectivity index (χ1n) is 8.90. The molecule has 0 spiro atoms. The van der Waals surface area contributed by atoms with E-state index in [1.165, 1.54) is 64.7 Å². The van der Waals surface area contributed by atoms with Gasteiger partial charge in [0.1, 0.15) is 0 Å². The minimum Gasteiger partial charge on any atom is -0.393 e. The van der Waals surface area contributed by atoms with Gasteiger partial charge in [-0.3, -0.25) is 4.90 Å². The number of aliphatic hydroxyl groups excluding tert-OH is 1. The van der Waals surface area contributed by atoms with Gasteiger partial charge in [0.15, 0.2) is 0 Å². The Morgan fingerprint density at radius 2 is 1.75 bits per heavy atom. The van der Waals surface area contributed by atoms with Crippen LogP contribution in [0.1, 0.15) is 51.9 Å². The summed E-state index contributed by atoms with van der Waals surface area (Å²) in [6, 6.07) is 0.923. The fourth-order valence-corrected chi connectivity index (χ4v) is 4.29. The number of nitrogens with zero attached hydrogens (tertiary/aromatic N) is 2. The van der Waals surface area contributed by atoms with E-state index < -0.39 is 0 Å². The Bertz CT molecular complexity index is 297. The molecule has 3 heteroatoms. The highest BCUT2D eigenvalue weighted by Crippen LogP contribution is 2.33. The SMILES string of the molecule is CCCC1CCC(O)C(CN2CCN(C3CC3)CC2)C1. The third-order valence-electron chi connectivity index (χ3n) is 5.71. The number of hydrogen-bond donors (Lipinski definition) is 1. The first-order valence-corrected chi connectivity index (χ1v) is 8.90. The number of rotatable bonds is 5. The monoisotopic (exact) mass is 280 g/mol. The van der Waals surface area contributed by atoms with E-state index in [4.69, 9.17) is 0 Å². The molecule has 1 saturated heterocycles. The van der Waals surface area contributed by atoms with Gasteiger partial charge in [-0.25, -0.2) is 0 Å². The van der Waals surface area contributed by atoms with Gasteiger partial charge in [-0.15, -0.1) is 0 Å². The van der Waals surface area contributed by atoms with Crippen LogP contribution in [0, 0.1) is 11.8 Å². The van der Waals surface area contributed by atoms with Gasteiger partial charge in [-0.1, -0.05) is 19.8 Å². The number of aliphatic hydroxyl groups is 1. The zero-order chi connectivity index (χ0) is 13.9. The molecular formula is C17H32N2O. The molecule has 0 amide bonds. The van der Waals surface area contributed by atoms with E-state index in [2.05, 4.69) is 16.7 Å². The lowest BCUT2D eigenvalue weighted by Gasteiger charge is -2.40. The van der Waals surface area contributed by atoms with Crippen molar-refractivity contribution in [3.05, 3.63) is 0 Å². The maximum Gasteiger partial charge on any atom is 0.0580 e. The van der Waals surface area contributed by atoms with Gasteiger partial charge in [0.2, 0.25) is 0 Å². The molecule has 1 N–H and O–H groups in total. The molecule has 2 aliphatic carbocycles. The Balaban J connectivity index is 1.44. The van der Waals surface area contributed by atoms with Gasteiger partial charge >= 0.3 is 0 Å². The minimum absolute atomic E-state index is 0.0374. The third kappa shape index (κ3) is 3.75. The first-order chi connectivity index (χ1) is 9.76. The fourth-order valence-electron chi connectivity index (χ4n) is 4.29. The predicted molar refractivity (Wildman–Crippen MR) is 82.8 cm³/mol. The Morgan fingerprint density at radius 1 is 1.00 bits per heavy atom. The molecule has 0 radical (unpaired) electrons. The molecule has 3 nitrogen and oxygen atoms in total. The average Bonchev–Trinajstić information content (AvgIpc) is 3.28. The zero-order valence-electron chi connectivity index (χ0n) is 13.1. The molecule has 20 heavy (non-hydrogen) atoms. The second-order valence-electron chi connectivity index (χ2n) is 7.36. The van der Waals surface area contributed by atoms with Gasteiger partial charge in [-0.2, -0.15) is 0 Å². The van der Waals surface area contributed by atoms with Crippen LogP contribution in [-0.4, -0.2) is 59.8 Å². The molecule has 2 saturated carbocycles. The molecule has 0 aromatic carbocycles. The van der Waals surface area contributed by atoms with Crippen molar-refractivity contribution in [2.24, 2.45) is 11.8 Å². The summed E-state index contributed by atoms with van der Waals surface area (Å²) in [5.41, 5.74) is 0. The van der Waals surface area contributed by atoms with E-state index in [1.54, 1.807) is 0 Å². The number of hydrogen-bond acceptors (Lipinski definition) is 3. The predicted octanol–water partition coefficient (Wildman–Crippen LogP) is 2.34. The van der Waals surface area contributed by atoms with Crippen LogP contribution < -0.4 is 0 Å². The molecule has 3 aliphatic rings. The van der Waals surface area contributed by atoms with E-state index in [0.29, 0.717) is 5.92 Å². The second-order valence-corrected chi connectivity index (χ2v) is 7.36. The standard InChI is InChI=1S/C17H32N2O/c1-2-3-14-4-7-17(20)15(12-14)13-18-8-10-19(11-9-18)16-5-6-16/h14-17,20H,2-13H2,1H3. The van der Waals surface area contributed by atoms with Crippen LogP contribution in [0.25, 0.3) is 0 Å². The fraction of sp³-hybridized carbons (Fsp3) is 1.00. The van der Waals surface area contributed by atoms with Gasteiger partial charge in [-0.05, 0) is 43.9 Å². The molecular weight excluding hydrogens is 248 g/mol. The van der Waals surface area contributed by atoms with Gasteiger partial charge in [0.25, 0.3) is 0 Å². The van der Waals surface area contributed by atoms with Crippen LogP contribution in [0.2, 0.25) is 0 Å². The Morgan fingerprint density at radius 3 is 2.40 bits per heavy atom. The van der Waals surface area contributed by atoms with Crippen molar-refractivity contribution in [2.45, 2.75) is 64.0 Å². The quantitative estimate of drug-likeness (QED) is 0.837. The van der Waals surface area contributed by atoms with E-state index in [-0.39, 0.29) is 6.10 Å². The van der Waals surface area contributed by atoms with Crippen molar-refractivity contribution >= 4 is 0 Å². The molecule has 3 rings (SSSR count). The van der Waals surface area contributed by atoms with Crippen LogP contribution >= 0.6 is 0 Å². The summed E-state index contributed by atoms with van der Waals surface area (Å²) >= 11 is 0. The summed E-state index contributed by atoms with van der Waals surface area (Å²) in [6.45, 7) is 8.38. The summed E-state index contributed by atoms with van der Waals surface area (Å²) in [5, 5.41) is 10.3. The van der Waals surface area contributed by atoms with Gasteiger partial charge < -0.3 is 10.0 Å². The number of piperazine rings is 1. The Hall–Kier alpha value is -0.120.